The standard InChI is InChI=1S/C20H17N/c1-20(2)17-10-6-5-8-15(17)11-18(20)19-12-14-7-3-4-9-16(14)13-21-19/h3-13H,1-2H3. The molecule has 1 heteroatoms. The van der Waals surface area contributed by atoms with E-state index >= 15 is 0 Å². The van der Waals surface area contributed by atoms with Crippen LogP contribution in [0.3, 0.4) is 0 Å². The van der Waals surface area contributed by atoms with Gasteiger partial charge >= 0.3 is 0 Å². The average molecular weight is 271 g/mol. The first-order valence-electron chi connectivity index (χ1n) is 7.33. The molecule has 0 bridgehead atoms. The highest BCUT2D eigenvalue weighted by molar-refractivity contribution is 5.95. The summed E-state index contributed by atoms with van der Waals surface area (Å²) in [5, 5.41) is 2.44. The Morgan fingerprint density at radius 2 is 1.57 bits per heavy atom. The lowest BCUT2D eigenvalue weighted by Gasteiger charge is -2.24. The second kappa shape index (κ2) is 4.29. The number of hydrogen-bond donors (Lipinski definition) is 0. The number of nitrogens with zero attached hydrogens (tertiary/aromatic N) is 1. The van der Waals surface area contributed by atoms with Crippen LogP contribution in [0.1, 0.15) is 30.7 Å². The number of pyridine rings is 1. The van der Waals surface area contributed by atoms with Gasteiger partial charge in [-0.25, -0.2) is 0 Å². The average Bonchev–Trinajstić information content (AvgIpc) is 2.79. The number of aromatic nitrogens is 1. The predicted molar refractivity (Wildman–Crippen MR) is 89.1 cm³/mol. The van der Waals surface area contributed by atoms with Gasteiger partial charge in [-0.3, -0.25) is 4.98 Å². The Labute approximate surface area is 125 Å². The van der Waals surface area contributed by atoms with Crippen LogP contribution in [0.2, 0.25) is 0 Å². The molecular formula is C20H17N. The summed E-state index contributed by atoms with van der Waals surface area (Å²) in [6, 6.07) is 19.2. The molecule has 1 heterocycles. The van der Waals surface area contributed by atoms with E-state index in [2.05, 4.69) is 74.5 Å². The maximum Gasteiger partial charge on any atom is 0.0677 e. The Morgan fingerprint density at radius 3 is 2.38 bits per heavy atom. The van der Waals surface area contributed by atoms with Gasteiger partial charge in [-0.1, -0.05) is 62.4 Å². The van der Waals surface area contributed by atoms with Crippen molar-refractivity contribution < 1.29 is 0 Å². The molecule has 0 unspecified atom stereocenters. The lowest BCUT2D eigenvalue weighted by atomic mass is 9.80. The van der Waals surface area contributed by atoms with Gasteiger partial charge in [0.2, 0.25) is 0 Å². The van der Waals surface area contributed by atoms with Gasteiger partial charge in [0.1, 0.15) is 0 Å². The van der Waals surface area contributed by atoms with Crippen molar-refractivity contribution in [2.45, 2.75) is 19.3 Å². The van der Waals surface area contributed by atoms with E-state index in [0.29, 0.717) is 0 Å². The highest BCUT2D eigenvalue weighted by Crippen LogP contribution is 2.45. The monoisotopic (exact) mass is 271 g/mol. The van der Waals surface area contributed by atoms with Crippen molar-refractivity contribution >= 4 is 22.4 Å². The number of fused-ring (bicyclic) bond motifs is 2. The van der Waals surface area contributed by atoms with Crippen molar-refractivity contribution in [3.63, 3.8) is 0 Å². The van der Waals surface area contributed by atoms with Crippen LogP contribution in [0.25, 0.3) is 22.4 Å². The summed E-state index contributed by atoms with van der Waals surface area (Å²) < 4.78 is 0. The SMILES string of the molecule is CC1(C)C(c2cc3ccccc3cn2)=Cc2ccccc21. The summed E-state index contributed by atoms with van der Waals surface area (Å²) in [6.07, 6.45) is 4.26. The third-order valence-electron chi connectivity index (χ3n) is 4.51. The van der Waals surface area contributed by atoms with Gasteiger partial charge in [-0.15, -0.1) is 0 Å². The zero-order chi connectivity index (χ0) is 14.4. The van der Waals surface area contributed by atoms with E-state index in [4.69, 9.17) is 4.98 Å². The van der Waals surface area contributed by atoms with Crippen LogP contribution >= 0.6 is 0 Å². The van der Waals surface area contributed by atoms with Crippen LogP contribution in [-0.2, 0) is 5.41 Å². The van der Waals surface area contributed by atoms with Crippen molar-refractivity contribution in [1.29, 1.82) is 0 Å². The van der Waals surface area contributed by atoms with Crippen LogP contribution in [0, 0.1) is 0 Å². The largest absolute Gasteiger partial charge is 0.256 e. The molecule has 1 aliphatic rings. The maximum atomic E-state index is 4.70. The van der Waals surface area contributed by atoms with Crippen LogP contribution in [0.4, 0.5) is 0 Å². The molecule has 3 aromatic rings. The maximum absolute atomic E-state index is 4.70. The molecule has 21 heavy (non-hydrogen) atoms. The Balaban J connectivity index is 1.90. The summed E-state index contributed by atoms with van der Waals surface area (Å²) in [4.78, 5) is 4.70. The van der Waals surface area contributed by atoms with Gasteiger partial charge < -0.3 is 0 Å². The van der Waals surface area contributed by atoms with Crippen molar-refractivity contribution in [3.8, 4) is 0 Å². The van der Waals surface area contributed by atoms with Gasteiger partial charge in [-0.05, 0) is 34.2 Å². The summed E-state index contributed by atoms with van der Waals surface area (Å²) in [5.41, 5.74) is 5.08. The van der Waals surface area contributed by atoms with E-state index in [1.165, 1.54) is 27.5 Å². The molecular weight excluding hydrogens is 254 g/mol. The zero-order valence-electron chi connectivity index (χ0n) is 12.3. The number of benzene rings is 2. The molecule has 102 valence electrons. The third-order valence-corrected chi connectivity index (χ3v) is 4.51. The second-order valence-electron chi connectivity index (χ2n) is 6.19. The molecule has 0 spiro atoms. The van der Waals surface area contributed by atoms with E-state index in [1.54, 1.807) is 0 Å². The van der Waals surface area contributed by atoms with Gasteiger partial charge in [0.15, 0.2) is 0 Å². The van der Waals surface area contributed by atoms with Gasteiger partial charge in [0.05, 0.1) is 5.69 Å². The quantitative estimate of drug-likeness (QED) is 0.602. The molecule has 1 nitrogen and oxygen atoms in total. The number of rotatable bonds is 1. The Morgan fingerprint density at radius 1 is 0.857 bits per heavy atom. The minimum absolute atomic E-state index is 0.00600. The lowest BCUT2D eigenvalue weighted by Crippen LogP contribution is -2.16. The zero-order valence-corrected chi connectivity index (χ0v) is 12.3. The first kappa shape index (κ1) is 12.3. The van der Waals surface area contributed by atoms with Crippen LogP contribution in [0.5, 0.6) is 0 Å². The molecule has 1 aliphatic carbocycles. The second-order valence-corrected chi connectivity index (χ2v) is 6.19. The Hall–Kier alpha value is -2.41. The van der Waals surface area contributed by atoms with Crippen LogP contribution in [-0.4, -0.2) is 4.98 Å². The Bertz CT molecular complexity index is 872. The molecule has 0 atom stereocenters. The fraction of sp³-hybridized carbons (Fsp3) is 0.150. The first-order chi connectivity index (χ1) is 10.2. The minimum atomic E-state index is 0.00600. The molecule has 1 aromatic heterocycles. The molecule has 0 saturated heterocycles. The van der Waals surface area contributed by atoms with E-state index in [1.807, 2.05) is 6.20 Å². The molecule has 0 radical (unpaired) electrons. The minimum Gasteiger partial charge on any atom is -0.256 e. The lowest BCUT2D eigenvalue weighted by molar-refractivity contribution is 0.701. The fourth-order valence-electron chi connectivity index (χ4n) is 3.30. The molecule has 0 N–H and O–H groups in total. The molecule has 0 amide bonds. The van der Waals surface area contributed by atoms with Crippen molar-refractivity contribution in [3.05, 3.63) is 77.6 Å². The van der Waals surface area contributed by atoms with E-state index in [-0.39, 0.29) is 5.41 Å². The van der Waals surface area contributed by atoms with Crippen molar-refractivity contribution in [2.24, 2.45) is 0 Å². The van der Waals surface area contributed by atoms with Crippen LogP contribution in [0.15, 0.2) is 60.8 Å². The van der Waals surface area contributed by atoms with Crippen molar-refractivity contribution in [1.82, 2.24) is 4.98 Å². The third kappa shape index (κ3) is 1.81. The number of allylic oxidation sites excluding steroid dienone is 1. The first-order valence-corrected chi connectivity index (χ1v) is 7.33. The summed E-state index contributed by atoms with van der Waals surface area (Å²) in [7, 11) is 0. The summed E-state index contributed by atoms with van der Waals surface area (Å²) >= 11 is 0. The molecule has 0 aliphatic heterocycles. The molecule has 2 aromatic carbocycles. The van der Waals surface area contributed by atoms with E-state index < -0.39 is 0 Å². The molecule has 4 rings (SSSR count). The van der Waals surface area contributed by atoms with Crippen LogP contribution < -0.4 is 0 Å². The molecule has 0 fully saturated rings. The van der Waals surface area contributed by atoms with Gasteiger partial charge in [0.25, 0.3) is 0 Å². The molecule has 0 saturated carbocycles. The highest BCUT2D eigenvalue weighted by Gasteiger charge is 2.33. The van der Waals surface area contributed by atoms with E-state index in [0.717, 1.165) is 5.69 Å². The summed E-state index contributed by atoms with van der Waals surface area (Å²) in [5.74, 6) is 0. The van der Waals surface area contributed by atoms with Crippen molar-refractivity contribution in [2.75, 3.05) is 0 Å². The Kier molecular flexibility index (Phi) is 2.52. The number of hydrogen-bond acceptors (Lipinski definition) is 1. The smallest absolute Gasteiger partial charge is 0.0677 e. The summed E-state index contributed by atoms with van der Waals surface area (Å²) in [6.45, 7) is 4.56. The van der Waals surface area contributed by atoms with Gasteiger partial charge in [-0.2, -0.15) is 0 Å². The topological polar surface area (TPSA) is 12.9 Å². The van der Waals surface area contributed by atoms with Gasteiger partial charge in [0, 0.05) is 17.0 Å². The fourth-order valence-corrected chi connectivity index (χ4v) is 3.30. The highest BCUT2D eigenvalue weighted by atomic mass is 14.7. The predicted octanol–water partition coefficient (Wildman–Crippen LogP) is 5.07. The van der Waals surface area contributed by atoms with E-state index in [9.17, 15) is 0 Å². The normalized spacial score (nSPS) is 15.8.